The van der Waals surface area contributed by atoms with Gasteiger partial charge in [0.15, 0.2) is 0 Å². The molecule has 2 heterocycles. The lowest BCUT2D eigenvalue weighted by Gasteiger charge is -2.36. The number of likely N-dealkylation sites (tertiary alicyclic amines) is 1. The molecule has 1 aromatic carbocycles. The number of para-hydroxylation sites is 1. The van der Waals surface area contributed by atoms with Gasteiger partial charge in [-0.15, -0.1) is 0 Å². The maximum Gasteiger partial charge on any atom is 0.410 e. The second-order valence-electron chi connectivity index (χ2n) is 8.32. The van der Waals surface area contributed by atoms with E-state index in [0.29, 0.717) is 32.9 Å². The fourth-order valence-corrected chi connectivity index (χ4v) is 3.31. The number of nitrogens with zero attached hydrogens (tertiary/aromatic N) is 2. The van der Waals surface area contributed by atoms with Crippen LogP contribution in [0.3, 0.4) is 0 Å². The number of ether oxygens (including phenoxy) is 2. The van der Waals surface area contributed by atoms with Crippen molar-refractivity contribution in [3.63, 3.8) is 0 Å². The topological polar surface area (TPSA) is 80.2 Å². The van der Waals surface area contributed by atoms with Crippen molar-refractivity contribution >= 4 is 17.8 Å². The molecule has 2 amide bonds. The minimum atomic E-state index is -3.37. The van der Waals surface area contributed by atoms with Gasteiger partial charge in [-0.1, -0.05) is 12.1 Å². The van der Waals surface area contributed by atoms with Gasteiger partial charge in [0.2, 0.25) is 0 Å². The minimum Gasteiger partial charge on any atom is -0.444 e. The number of amides is 2. The number of nitrogens with one attached hydrogen (secondary N) is 1. The Morgan fingerprint density at radius 3 is 2.38 bits per heavy atom. The number of hydrogen-bond donors (Lipinski definition) is 1. The Hall–Kier alpha value is -2.71. The molecule has 158 valence electrons. The lowest BCUT2D eigenvalue weighted by molar-refractivity contribution is -0.159. The second kappa shape index (κ2) is 7.27. The lowest BCUT2D eigenvalue weighted by Crippen LogP contribution is -2.51. The van der Waals surface area contributed by atoms with Crippen LogP contribution in [0.5, 0.6) is 5.75 Å². The van der Waals surface area contributed by atoms with E-state index in [1.54, 1.807) is 43.9 Å². The summed E-state index contributed by atoms with van der Waals surface area (Å²) in [4.78, 5) is 31.0. The Bertz CT molecular complexity index is 835. The van der Waals surface area contributed by atoms with Crippen LogP contribution >= 0.6 is 0 Å². The van der Waals surface area contributed by atoms with Gasteiger partial charge in [0.25, 0.3) is 5.91 Å². The molecule has 0 atom stereocenters. The molecule has 0 aromatic heterocycles. The number of alkyl halides is 2. The number of amidine groups is 1. The highest BCUT2D eigenvalue weighted by molar-refractivity contribution is 6.16. The van der Waals surface area contributed by atoms with E-state index in [0.717, 1.165) is 0 Å². The fourth-order valence-electron chi connectivity index (χ4n) is 3.31. The molecule has 2 aliphatic rings. The number of carbonyl (C=O) groups excluding carboxylic acids is 2. The Morgan fingerprint density at radius 1 is 1.17 bits per heavy atom. The van der Waals surface area contributed by atoms with Crippen molar-refractivity contribution in [1.82, 2.24) is 10.2 Å². The first-order valence-corrected chi connectivity index (χ1v) is 9.44. The zero-order valence-electron chi connectivity index (χ0n) is 16.9. The normalized spacial score (nSPS) is 19.0. The average molecular weight is 409 g/mol. The first-order chi connectivity index (χ1) is 13.4. The zero-order chi connectivity index (χ0) is 21.4. The van der Waals surface area contributed by atoms with Crippen LogP contribution in [0.15, 0.2) is 29.3 Å². The summed E-state index contributed by atoms with van der Waals surface area (Å²) in [5, 5.41) is 2.69. The van der Waals surface area contributed by atoms with E-state index in [9.17, 15) is 18.4 Å². The van der Waals surface area contributed by atoms with Gasteiger partial charge >= 0.3 is 12.2 Å². The Kier molecular flexibility index (Phi) is 5.27. The maximum absolute atomic E-state index is 13.3. The van der Waals surface area contributed by atoms with Crippen molar-refractivity contribution in [2.45, 2.75) is 57.8 Å². The summed E-state index contributed by atoms with van der Waals surface area (Å²) in [6, 6.07) is 6.18. The Labute approximate surface area is 168 Å². The van der Waals surface area contributed by atoms with Crippen LogP contribution < -0.4 is 10.1 Å². The van der Waals surface area contributed by atoms with Gasteiger partial charge in [-0.05, 0) is 45.7 Å². The third-order valence-electron chi connectivity index (χ3n) is 4.65. The predicted octanol–water partition coefficient (Wildman–Crippen LogP) is 3.32. The third-order valence-corrected chi connectivity index (χ3v) is 4.65. The smallest absolute Gasteiger partial charge is 0.410 e. The summed E-state index contributed by atoms with van der Waals surface area (Å²) < 4.78 is 36.8. The maximum atomic E-state index is 13.3. The van der Waals surface area contributed by atoms with Gasteiger partial charge in [0, 0.05) is 20.0 Å². The molecule has 9 heteroatoms. The van der Waals surface area contributed by atoms with Crippen LogP contribution in [0.1, 0.15) is 46.1 Å². The third kappa shape index (κ3) is 4.83. The van der Waals surface area contributed by atoms with Crippen LogP contribution in [0.25, 0.3) is 0 Å². The fraction of sp³-hybridized carbons (Fsp3) is 0.550. The van der Waals surface area contributed by atoms with Gasteiger partial charge < -0.3 is 19.7 Å². The van der Waals surface area contributed by atoms with Crippen LogP contribution in [0.4, 0.5) is 13.6 Å². The number of aliphatic imine (C=N–C) groups is 1. The van der Waals surface area contributed by atoms with Gasteiger partial charge in [-0.2, -0.15) is 8.78 Å². The summed E-state index contributed by atoms with van der Waals surface area (Å²) in [6.07, 6.45) is -3.17. The molecule has 29 heavy (non-hydrogen) atoms. The van der Waals surface area contributed by atoms with Crippen molar-refractivity contribution in [2.24, 2.45) is 4.99 Å². The first-order valence-electron chi connectivity index (χ1n) is 9.44. The molecule has 0 bridgehead atoms. The van der Waals surface area contributed by atoms with E-state index < -0.39 is 23.3 Å². The van der Waals surface area contributed by atoms with Crippen LogP contribution in [0.2, 0.25) is 0 Å². The molecule has 2 aliphatic heterocycles. The predicted molar refractivity (Wildman–Crippen MR) is 102 cm³/mol. The second-order valence-corrected chi connectivity index (χ2v) is 8.32. The number of carbonyl (C=O) groups is 2. The van der Waals surface area contributed by atoms with Gasteiger partial charge in [-0.3, -0.25) is 9.79 Å². The zero-order valence-corrected chi connectivity index (χ0v) is 16.9. The van der Waals surface area contributed by atoms with E-state index in [-0.39, 0.29) is 23.1 Å². The molecule has 1 N–H and O–H groups in total. The largest absolute Gasteiger partial charge is 0.444 e. The highest BCUT2D eigenvalue weighted by Gasteiger charge is 2.47. The number of piperidine rings is 1. The van der Waals surface area contributed by atoms with Crippen molar-refractivity contribution in [1.29, 1.82) is 0 Å². The highest BCUT2D eigenvalue weighted by Crippen LogP contribution is 2.34. The number of rotatable bonds is 3. The van der Waals surface area contributed by atoms with Crippen LogP contribution in [0, 0.1) is 0 Å². The van der Waals surface area contributed by atoms with E-state index in [1.807, 2.05) is 0 Å². The van der Waals surface area contributed by atoms with Gasteiger partial charge in [0.05, 0.1) is 5.56 Å². The SMILES string of the molecule is CC(C)(C)OC(=O)N1CCC2(CC1)N=C(c1ccccc1OC(C)(F)F)NC2=O. The van der Waals surface area contributed by atoms with E-state index >= 15 is 0 Å². The van der Waals surface area contributed by atoms with Crippen molar-refractivity contribution in [2.75, 3.05) is 13.1 Å². The molecule has 1 saturated heterocycles. The van der Waals surface area contributed by atoms with E-state index in [4.69, 9.17) is 9.47 Å². The monoisotopic (exact) mass is 409 g/mol. The van der Waals surface area contributed by atoms with Gasteiger partial charge in [-0.25, -0.2) is 4.79 Å². The molecule has 1 spiro atoms. The number of hydrogen-bond acceptors (Lipinski definition) is 5. The van der Waals surface area contributed by atoms with Crippen molar-refractivity contribution in [3.05, 3.63) is 29.8 Å². The molecular formula is C20H25F2N3O4. The van der Waals surface area contributed by atoms with Crippen molar-refractivity contribution < 1.29 is 27.8 Å². The molecule has 1 aromatic rings. The summed E-state index contributed by atoms with van der Waals surface area (Å²) in [6.45, 7) is 6.63. The molecule has 0 unspecified atom stereocenters. The van der Waals surface area contributed by atoms with E-state index in [2.05, 4.69) is 10.3 Å². The Morgan fingerprint density at radius 2 is 1.79 bits per heavy atom. The van der Waals surface area contributed by atoms with E-state index in [1.165, 1.54) is 6.07 Å². The summed E-state index contributed by atoms with van der Waals surface area (Å²) >= 11 is 0. The summed E-state index contributed by atoms with van der Waals surface area (Å²) in [5.41, 5.74) is -1.35. The first kappa shape index (κ1) is 21.0. The molecule has 1 fully saturated rings. The lowest BCUT2D eigenvalue weighted by atomic mass is 9.88. The minimum absolute atomic E-state index is 0.0673. The summed E-state index contributed by atoms with van der Waals surface area (Å²) in [7, 11) is 0. The van der Waals surface area contributed by atoms with Crippen LogP contribution in [-0.2, 0) is 9.53 Å². The number of benzene rings is 1. The molecule has 7 nitrogen and oxygen atoms in total. The number of halogens is 2. The quantitative estimate of drug-likeness (QED) is 0.831. The van der Waals surface area contributed by atoms with Crippen LogP contribution in [-0.4, -0.2) is 53.1 Å². The highest BCUT2D eigenvalue weighted by atomic mass is 19.3. The Balaban J connectivity index is 1.77. The molecule has 0 saturated carbocycles. The average Bonchev–Trinajstić information content (AvgIpc) is 2.89. The summed E-state index contributed by atoms with van der Waals surface area (Å²) in [5.74, 6) is -0.183. The van der Waals surface area contributed by atoms with Crippen molar-refractivity contribution in [3.8, 4) is 5.75 Å². The molecule has 3 rings (SSSR count). The molecule has 0 radical (unpaired) electrons. The molecule has 0 aliphatic carbocycles. The molecular weight excluding hydrogens is 384 g/mol. The standard InChI is InChI=1S/C20H25F2N3O4/c1-18(2,3)29-17(27)25-11-9-20(10-12-25)16(26)23-15(24-20)13-7-5-6-8-14(13)28-19(4,21)22/h5-8H,9-12H2,1-4H3,(H,23,24,26). The van der Waals surface area contributed by atoms with Gasteiger partial charge in [0.1, 0.15) is 22.7 Å².